The van der Waals surface area contributed by atoms with Gasteiger partial charge in [-0.1, -0.05) is 18.2 Å². The van der Waals surface area contributed by atoms with Crippen LogP contribution in [0.5, 0.6) is 0 Å². The van der Waals surface area contributed by atoms with E-state index in [9.17, 15) is 18.8 Å². The van der Waals surface area contributed by atoms with E-state index in [4.69, 9.17) is 4.74 Å². The fraction of sp³-hybridized carbons (Fsp3) is 0.172. The van der Waals surface area contributed by atoms with Crippen LogP contribution in [-0.4, -0.2) is 35.8 Å². The number of fused-ring (bicyclic) bond motifs is 1. The maximum atomic E-state index is 13.4. The molecule has 6 rings (SSSR count). The molecule has 0 saturated carbocycles. The Bertz CT molecular complexity index is 1560. The zero-order valence-electron chi connectivity index (χ0n) is 19.3. The third-order valence-electron chi connectivity index (χ3n) is 6.74. The van der Waals surface area contributed by atoms with Gasteiger partial charge in [0.15, 0.2) is 12.4 Å². The van der Waals surface area contributed by atoms with Crippen molar-refractivity contribution in [1.82, 2.24) is 4.98 Å². The Morgan fingerprint density at radius 3 is 2.61 bits per heavy atom. The molecule has 2 aliphatic heterocycles. The molecular formula is C29H21FN2O4. The van der Waals surface area contributed by atoms with Gasteiger partial charge >= 0.3 is 5.97 Å². The number of ketones is 1. The van der Waals surface area contributed by atoms with Gasteiger partial charge in [-0.05, 0) is 72.5 Å². The lowest BCUT2D eigenvalue weighted by Gasteiger charge is -2.25. The van der Waals surface area contributed by atoms with Gasteiger partial charge in [-0.15, -0.1) is 0 Å². The average Bonchev–Trinajstić information content (AvgIpc) is 3.23. The number of aromatic nitrogens is 1. The molecule has 0 unspecified atom stereocenters. The minimum Gasteiger partial charge on any atom is -0.454 e. The van der Waals surface area contributed by atoms with Crippen molar-refractivity contribution in [1.29, 1.82) is 0 Å². The Morgan fingerprint density at radius 2 is 1.78 bits per heavy atom. The first kappa shape index (κ1) is 22.1. The van der Waals surface area contributed by atoms with Crippen LogP contribution in [0.15, 0.2) is 66.7 Å². The molecule has 36 heavy (non-hydrogen) atoms. The van der Waals surface area contributed by atoms with Crippen LogP contribution in [0.4, 0.5) is 10.1 Å². The SMILES string of the molecule is O=C(COC(=O)c1cc(-c2ccc(F)cc2)nc2ccccc12)c1cc2c3c(c1)CC(=O)N3CCC2. The van der Waals surface area contributed by atoms with E-state index >= 15 is 0 Å². The van der Waals surface area contributed by atoms with Crippen LogP contribution < -0.4 is 4.90 Å². The Hall–Kier alpha value is -4.39. The van der Waals surface area contributed by atoms with E-state index in [-0.39, 0.29) is 23.1 Å². The van der Waals surface area contributed by atoms with Crippen LogP contribution in [0.3, 0.4) is 0 Å². The number of hydrogen-bond donors (Lipinski definition) is 0. The van der Waals surface area contributed by atoms with Gasteiger partial charge in [0, 0.05) is 23.1 Å². The van der Waals surface area contributed by atoms with E-state index < -0.39 is 12.6 Å². The summed E-state index contributed by atoms with van der Waals surface area (Å²) in [6, 6.07) is 18.2. The van der Waals surface area contributed by atoms with Crippen LogP contribution in [-0.2, 0) is 22.4 Å². The fourth-order valence-electron chi connectivity index (χ4n) is 5.05. The zero-order valence-corrected chi connectivity index (χ0v) is 19.3. The van der Waals surface area contributed by atoms with Gasteiger partial charge in [-0.2, -0.15) is 0 Å². The number of hydrogen-bond acceptors (Lipinski definition) is 5. The van der Waals surface area contributed by atoms with Crippen molar-refractivity contribution < 1.29 is 23.5 Å². The summed E-state index contributed by atoms with van der Waals surface area (Å²) in [5.41, 5.74) is 5.25. The molecule has 0 N–H and O–H groups in total. The summed E-state index contributed by atoms with van der Waals surface area (Å²) in [6.45, 7) is 0.292. The van der Waals surface area contributed by atoms with Gasteiger partial charge in [-0.25, -0.2) is 14.2 Å². The van der Waals surface area contributed by atoms with Gasteiger partial charge in [-0.3, -0.25) is 9.59 Å². The highest BCUT2D eigenvalue weighted by Gasteiger charge is 2.33. The summed E-state index contributed by atoms with van der Waals surface area (Å²) >= 11 is 0. The van der Waals surface area contributed by atoms with Crippen LogP contribution in [0.2, 0.25) is 0 Å². The number of para-hydroxylation sites is 1. The second-order valence-electron chi connectivity index (χ2n) is 9.05. The predicted octanol–water partition coefficient (Wildman–Crippen LogP) is 4.92. The molecule has 6 nitrogen and oxygen atoms in total. The molecule has 7 heteroatoms. The minimum atomic E-state index is -0.644. The molecule has 4 aromatic rings. The number of esters is 1. The van der Waals surface area contributed by atoms with Gasteiger partial charge in [0.2, 0.25) is 5.91 Å². The zero-order chi connectivity index (χ0) is 24.8. The average molecular weight is 480 g/mol. The number of nitrogens with zero attached hydrogens (tertiary/aromatic N) is 2. The van der Waals surface area contributed by atoms with Gasteiger partial charge in [0.05, 0.1) is 28.9 Å². The third kappa shape index (κ3) is 3.82. The third-order valence-corrected chi connectivity index (χ3v) is 6.74. The fourth-order valence-corrected chi connectivity index (χ4v) is 5.05. The van der Waals surface area contributed by atoms with E-state index in [0.29, 0.717) is 40.7 Å². The van der Waals surface area contributed by atoms with Crippen LogP contribution in [0.1, 0.15) is 38.3 Å². The second-order valence-corrected chi connectivity index (χ2v) is 9.05. The number of benzene rings is 3. The first-order chi connectivity index (χ1) is 17.5. The van der Waals surface area contributed by atoms with Crippen molar-refractivity contribution in [3.05, 3.63) is 94.8 Å². The predicted molar refractivity (Wildman–Crippen MR) is 133 cm³/mol. The highest BCUT2D eigenvalue weighted by Crippen LogP contribution is 2.37. The van der Waals surface area contributed by atoms with E-state index in [1.807, 2.05) is 12.1 Å². The quantitative estimate of drug-likeness (QED) is 0.300. The van der Waals surface area contributed by atoms with Crippen molar-refractivity contribution in [3.63, 3.8) is 0 Å². The summed E-state index contributed by atoms with van der Waals surface area (Å²) < 4.78 is 18.9. The van der Waals surface area contributed by atoms with E-state index in [2.05, 4.69) is 4.98 Å². The number of aryl methyl sites for hydroxylation is 1. The molecule has 0 atom stereocenters. The van der Waals surface area contributed by atoms with E-state index in [1.54, 1.807) is 47.4 Å². The monoisotopic (exact) mass is 480 g/mol. The van der Waals surface area contributed by atoms with Gasteiger partial charge < -0.3 is 9.64 Å². The maximum absolute atomic E-state index is 13.4. The Kier molecular flexibility index (Phi) is 5.33. The second kappa shape index (κ2) is 8.68. The standard InChI is InChI=1S/C29H21FN2O4/c30-21-9-7-17(8-10-21)25-15-23(22-5-1-2-6-24(22)31-25)29(35)36-16-26(33)19-12-18-4-3-11-32-27(34)14-20(13-19)28(18)32/h1-2,5-10,12-13,15H,3-4,11,14,16H2. The lowest BCUT2D eigenvalue weighted by Crippen LogP contribution is -2.31. The molecule has 0 aliphatic carbocycles. The van der Waals surface area contributed by atoms with Crippen LogP contribution >= 0.6 is 0 Å². The Balaban J connectivity index is 1.27. The molecule has 1 amide bonds. The van der Waals surface area contributed by atoms with Crippen molar-refractivity contribution in [3.8, 4) is 11.3 Å². The number of rotatable bonds is 5. The largest absolute Gasteiger partial charge is 0.454 e. The van der Waals surface area contributed by atoms with Gasteiger partial charge in [0.25, 0.3) is 0 Å². The van der Waals surface area contributed by atoms with E-state index in [1.165, 1.54) is 12.1 Å². The van der Waals surface area contributed by atoms with Crippen molar-refractivity contribution >= 4 is 34.3 Å². The van der Waals surface area contributed by atoms with Crippen molar-refractivity contribution in [2.75, 3.05) is 18.1 Å². The summed E-state index contributed by atoms with van der Waals surface area (Å²) in [7, 11) is 0. The first-order valence-electron chi connectivity index (χ1n) is 11.8. The number of halogens is 1. The molecule has 2 aliphatic rings. The van der Waals surface area contributed by atoms with Crippen LogP contribution in [0.25, 0.3) is 22.2 Å². The number of ether oxygens (including phenoxy) is 1. The topological polar surface area (TPSA) is 76.6 Å². The number of carbonyl (C=O) groups excluding carboxylic acids is 3. The molecule has 0 radical (unpaired) electrons. The maximum Gasteiger partial charge on any atom is 0.339 e. The van der Waals surface area contributed by atoms with Crippen molar-refractivity contribution in [2.24, 2.45) is 0 Å². The molecule has 0 saturated heterocycles. The smallest absolute Gasteiger partial charge is 0.339 e. The van der Waals surface area contributed by atoms with E-state index in [0.717, 1.165) is 29.7 Å². The van der Waals surface area contributed by atoms with Gasteiger partial charge in [0.1, 0.15) is 5.82 Å². The molecule has 3 heterocycles. The highest BCUT2D eigenvalue weighted by molar-refractivity contribution is 6.07. The minimum absolute atomic E-state index is 0.0588. The number of Topliss-reactive ketones (excluding diaryl/α,β-unsaturated/α-hetero) is 1. The van der Waals surface area contributed by atoms with Crippen LogP contribution in [0, 0.1) is 5.82 Å². The lowest BCUT2D eigenvalue weighted by atomic mass is 9.95. The molecule has 178 valence electrons. The summed E-state index contributed by atoms with van der Waals surface area (Å²) in [4.78, 5) is 44.8. The lowest BCUT2D eigenvalue weighted by molar-refractivity contribution is -0.117. The normalized spacial score (nSPS) is 14.1. The Labute approximate surface area is 206 Å². The summed E-state index contributed by atoms with van der Waals surface area (Å²) in [5, 5.41) is 0.598. The molecule has 1 aromatic heterocycles. The van der Waals surface area contributed by atoms with Crippen molar-refractivity contribution in [2.45, 2.75) is 19.3 Å². The number of amides is 1. The highest BCUT2D eigenvalue weighted by atomic mass is 19.1. The molecular weight excluding hydrogens is 459 g/mol. The first-order valence-corrected chi connectivity index (χ1v) is 11.8. The number of anilines is 1. The molecule has 0 spiro atoms. The number of carbonyl (C=O) groups is 3. The number of pyridine rings is 1. The molecule has 0 fully saturated rings. The Morgan fingerprint density at radius 1 is 1.00 bits per heavy atom. The molecule has 3 aromatic carbocycles. The summed E-state index contributed by atoms with van der Waals surface area (Å²) in [5.74, 6) is -1.27. The summed E-state index contributed by atoms with van der Waals surface area (Å²) in [6.07, 6.45) is 1.96. The molecule has 0 bridgehead atoms.